The standard InChI is InChI=1S/C9H6F3IN2O/c1-5-8(16-9(10,11)12)7(13)4-6(15-5)2-3-14/h4H,2H2,1H3. The molecule has 1 aromatic heterocycles. The molecule has 0 aliphatic heterocycles. The first-order chi connectivity index (χ1) is 7.33. The lowest BCUT2D eigenvalue weighted by Gasteiger charge is -2.13. The third kappa shape index (κ3) is 3.52. The number of aryl methyl sites for hydroxylation is 1. The van der Waals surface area contributed by atoms with Crippen molar-refractivity contribution >= 4 is 22.6 Å². The zero-order valence-corrected chi connectivity index (χ0v) is 10.3. The van der Waals surface area contributed by atoms with Crippen molar-refractivity contribution in [2.75, 3.05) is 0 Å². The second-order valence-corrected chi connectivity index (χ2v) is 4.05. The lowest BCUT2D eigenvalue weighted by molar-refractivity contribution is -0.275. The molecule has 7 heteroatoms. The van der Waals surface area contributed by atoms with Gasteiger partial charge in [0.2, 0.25) is 0 Å². The Hall–Kier alpha value is -1.04. The first-order valence-corrected chi connectivity index (χ1v) is 5.20. The van der Waals surface area contributed by atoms with Gasteiger partial charge in [0.25, 0.3) is 0 Å². The number of nitriles is 1. The summed E-state index contributed by atoms with van der Waals surface area (Å²) in [6.07, 6.45) is -4.67. The summed E-state index contributed by atoms with van der Waals surface area (Å²) in [6.45, 7) is 1.41. The molecule has 0 unspecified atom stereocenters. The molecule has 0 atom stereocenters. The molecule has 0 bridgehead atoms. The molecule has 3 nitrogen and oxygen atoms in total. The number of halogens is 4. The Morgan fingerprint density at radius 1 is 1.56 bits per heavy atom. The molecule has 1 heterocycles. The highest BCUT2D eigenvalue weighted by atomic mass is 127. The molecule has 16 heavy (non-hydrogen) atoms. The van der Waals surface area contributed by atoms with Crippen LogP contribution in [0.5, 0.6) is 5.75 Å². The molecule has 1 rings (SSSR count). The van der Waals surface area contributed by atoms with Crippen LogP contribution in [0.1, 0.15) is 11.4 Å². The van der Waals surface area contributed by atoms with E-state index >= 15 is 0 Å². The summed E-state index contributed by atoms with van der Waals surface area (Å²) in [7, 11) is 0. The maximum Gasteiger partial charge on any atom is 0.573 e. The molecule has 0 aliphatic carbocycles. The van der Waals surface area contributed by atoms with Crippen molar-refractivity contribution in [2.45, 2.75) is 19.7 Å². The molecule has 0 spiro atoms. The Labute approximate surface area is 103 Å². The smallest absolute Gasteiger partial charge is 0.403 e. The quantitative estimate of drug-likeness (QED) is 0.777. The van der Waals surface area contributed by atoms with Gasteiger partial charge < -0.3 is 4.74 Å². The largest absolute Gasteiger partial charge is 0.573 e. The first-order valence-electron chi connectivity index (χ1n) is 4.12. The van der Waals surface area contributed by atoms with Gasteiger partial charge in [-0.3, -0.25) is 4.98 Å². The van der Waals surface area contributed by atoms with Gasteiger partial charge in [0.15, 0.2) is 5.75 Å². The van der Waals surface area contributed by atoms with E-state index in [2.05, 4.69) is 9.72 Å². The van der Waals surface area contributed by atoms with Crippen LogP contribution in [0, 0.1) is 21.8 Å². The zero-order valence-electron chi connectivity index (χ0n) is 8.10. The van der Waals surface area contributed by atoms with Crippen molar-refractivity contribution in [1.29, 1.82) is 5.26 Å². The van der Waals surface area contributed by atoms with Crippen LogP contribution in [0.3, 0.4) is 0 Å². The molecule has 86 valence electrons. The van der Waals surface area contributed by atoms with Gasteiger partial charge in [-0.25, -0.2) is 0 Å². The summed E-state index contributed by atoms with van der Waals surface area (Å²) in [5, 5.41) is 8.45. The molecule has 0 fully saturated rings. The lowest BCUT2D eigenvalue weighted by Crippen LogP contribution is -2.19. The van der Waals surface area contributed by atoms with Crippen LogP contribution in [0.2, 0.25) is 0 Å². The predicted octanol–water partition coefficient (Wildman–Crippen LogP) is 2.96. The lowest BCUT2D eigenvalue weighted by atomic mass is 10.2. The second kappa shape index (κ2) is 4.86. The highest BCUT2D eigenvalue weighted by Gasteiger charge is 2.33. The van der Waals surface area contributed by atoms with Crippen molar-refractivity contribution in [3.63, 3.8) is 0 Å². The maximum absolute atomic E-state index is 12.0. The van der Waals surface area contributed by atoms with Crippen LogP contribution in [0.25, 0.3) is 0 Å². The molecule has 0 aliphatic rings. The summed E-state index contributed by atoms with van der Waals surface area (Å²) in [4.78, 5) is 3.86. The molecular weight excluding hydrogens is 336 g/mol. The average Bonchev–Trinajstić information content (AvgIpc) is 2.10. The minimum absolute atomic E-state index is 0.0587. The van der Waals surface area contributed by atoms with Gasteiger partial charge in [0, 0.05) is 0 Å². The third-order valence-electron chi connectivity index (χ3n) is 1.63. The van der Waals surface area contributed by atoms with Gasteiger partial charge in [-0.2, -0.15) is 5.26 Å². The van der Waals surface area contributed by atoms with Crippen molar-refractivity contribution in [3.05, 3.63) is 21.0 Å². The number of hydrogen-bond donors (Lipinski definition) is 0. The molecule has 0 saturated heterocycles. The summed E-state index contributed by atoms with van der Waals surface area (Å²) in [5.41, 5.74) is 0.549. The molecule has 0 aromatic carbocycles. The van der Waals surface area contributed by atoms with Crippen LogP contribution in [0.4, 0.5) is 13.2 Å². The first kappa shape index (κ1) is 13.0. The third-order valence-corrected chi connectivity index (χ3v) is 2.43. The minimum Gasteiger partial charge on any atom is -0.403 e. The monoisotopic (exact) mass is 342 g/mol. The van der Waals surface area contributed by atoms with E-state index in [-0.39, 0.29) is 21.4 Å². The van der Waals surface area contributed by atoms with Crippen LogP contribution < -0.4 is 4.74 Å². The Bertz CT molecular complexity index is 416. The van der Waals surface area contributed by atoms with E-state index in [1.54, 1.807) is 22.6 Å². The van der Waals surface area contributed by atoms with E-state index in [0.717, 1.165) is 0 Å². The number of pyridine rings is 1. The average molecular weight is 342 g/mol. The van der Waals surface area contributed by atoms with E-state index < -0.39 is 6.36 Å². The predicted molar refractivity (Wildman–Crippen MR) is 57.7 cm³/mol. The van der Waals surface area contributed by atoms with E-state index in [1.165, 1.54) is 13.0 Å². The van der Waals surface area contributed by atoms with Gasteiger partial charge in [-0.15, -0.1) is 13.2 Å². The molecule has 0 amide bonds. The maximum atomic E-state index is 12.0. The Kier molecular flexibility index (Phi) is 3.96. The van der Waals surface area contributed by atoms with E-state index in [9.17, 15) is 13.2 Å². The fourth-order valence-corrected chi connectivity index (χ4v) is 1.95. The topological polar surface area (TPSA) is 45.9 Å². The van der Waals surface area contributed by atoms with Crippen LogP contribution in [-0.4, -0.2) is 11.3 Å². The number of aromatic nitrogens is 1. The van der Waals surface area contributed by atoms with E-state index in [0.29, 0.717) is 5.69 Å². The van der Waals surface area contributed by atoms with Gasteiger partial charge in [-0.1, -0.05) is 0 Å². The summed E-state index contributed by atoms with van der Waals surface area (Å²) >= 11 is 1.72. The summed E-state index contributed by atoms with van der Waals surface area (Å²) in [6, 6.07) is 3.28. The number of hydrogen-bond acceptors (Lipinski definition) is 3. The highest BCUT2D eigenvalue weighted by Crippen LogP contribution is 2.30. The normalized spacial score (nSPS) is 11.0. The van der Waals surface area contributed by atoms with Crippen LogP contribution in [-0.2, 0) is 6.42 Å². The Balaban J connectivity index is 3.09. The van der Waals surface area contributed by atoms with Gasteiger partial charge in [0.1, 0.15) is 0 Å². The highest BCUT2D eigenvalue weighted by molar-refractivity contribution is 14.1. The zero-order chi connectivity index (χ0) is 12.3. The second-order valence-electron chi connectivity index (χ2n) is 2.89. The van der Waals surface area contributed by atoms with Crippen molar-refractivity contribution in [2.24, 2.45) is 0 Å². The SMILES string of the molecule is Cc1nc(CC#N)cc(I)c1OC(F)(F)F. The number of nitrogens with zero attached hydrogens (tertiary/aromatic N) is 2. The number of alkyl halides is 3. The van der Waals surface area contributed by atoms with Crippen LogP contribution in [0.15, 0.2) is 6.07 Å². The van der Waals surface area contributed by atoms with Crippen LogP contribution >= 0.6 is 22.6 Å². The van der Waals surface area contributed by atoms with E-state index in [1.807, 2.05) is 6.07 Å². The van der Waals surface area contributed by atoms with Gasteiger partial charge in [0.05, 0.1) is 27.4 Å². The van der Waals surface area contributed by atoms with Crippen molar-refractivity contribution < 1.29 is 17.9 Å². The van der Waals surface area contributed by atoms with Gasteiger partial charge >= 0.3 is 6.36 Å². The minimum atomic E-state index is -4.73. The molecular formula is C9H6F3IN2O. The Morgan fingerprint density at radius 2 is 2.19 bits per heavy atom. The summed E-state index contributed by atoms with van der Waals surface area (Å²) < 4.78 is 40.3. The number of rotatable bonds is 2. The molecule has 0 radical (unpaired) electrons. The number of ether oxygens (including phenoxy) is 1. The van der Waals surface area contributed by atoms with Crippen molar-refractivity contribution in [1.82, 2.24) is 4.98 Å². The summed E-state index contributed by atoms with van der Waals surface area (Å²) in [5.74, 6) is -0.310. The molecule has 0 N–H and O–H groups in total. The molecule has 1 aromatic rings. The fourth-order valence-electron chi connectivity index (χ4n) is 1.09. The van der Waals surface area contributed by atoms with Gasteiger partial charge in [-0.05, 0) is 35.6 Å². The van der Waals surface area contributed by atoms with Crippen molar-refractivity contribution in [3.8, 4) is 11.8 Å². The molecule has 0 saturated carbocycles. The fraction of sp³-hybridized carbons (Fsp3) is 0.333. The Morgan fingerprint density at radius 3 is 2.62 bits per heavy atom. The van der Waals surface area contributed by atoms with E-state index in [4.69, 9.17) is 5.26 Å².